The second-order valence-electron chi connectivity index (χ2n) is 8.70. The Morgan fingerprint density at radius 3 is 2.51 bits per heavy atom. The number of hydrogen-bond donors (Lipinski definition) is 0. The van der Waals surface area contributed by atoms with Crippen molar-refractivity contribution in [2.24, 2.45) is 0 Å². The number of ether oxygens (including phenoxy) is 1. The predicted octanol–water partition coefficient (Wildman–Crippen LogP) is 3.51. The van der Waals surface area contributed by atoms with E-state index >= 15 is 0 Å². The first kappa shape index (κ1) is 23.0. The van der Waals surface area contributed by atoms with Crippen LogP contribution in [0.3, 0.4) is 0 Å². The highest BCUT2D eigenvalue weighted by Gasteiger charge is 2.36. The van der Waals surface area contributed by atoms with E-state index in [0.717, 1.165) is 0 Å². The van der Waals surface area contributed by atoms with Crippen molar-refractivity contribution in [3.63, 3.8) is 0 Å². The summed E-state index contributed by atoms with van der Waals surface area (Å²) in [6.07, 6.45) is 1.44. The summed E-state index contributed by atoms with van der Waals surface area (Å²) >= 11 is 5.94. The van der Waals surface area contributed by atoms with E-state index in [1.165, 1.54) is 23.1 Å². The monoisotopic (exact) mass is 495 g/mol. The molecule has 0 N–H and O–H groups in total. The number of aromatic nitrogens is 5. The maximum absolute atomic E-state index is 13.7. The third kappa shape index (κ3) is 4.61. The smallest absolute Gasteiger partial charge is 0.266 e. The van der Waals surface area contributed by atoms with Crippen molar-refractivity contribution in [3.05, 3.63) is 65.7 Å². The molecule has 0 bridgehead atoms. The van der Waals surface area contributed by atoms with Crippen LogP contribution in [0.2, 0.25) is 5.02 Å². The number of piperazine rings is 1. The molecule has 1 saturated heterocycles. The standard InChI is InChI=1S/C24H23ClFN7O2/c1-24(2,35-19-8-6-16(25)7-9-19)23(34)32-12-10-31(11-13-32)21-20-22(28-15-27-21)33(30-29-20)18-5-3-4-17(26)14-18/h3-9,14-15H,10-13H2,1-2H3. The molecule has 9 nitrogen and oxygen atoms in total. The van der Waals surface area contributed by atoms with Crippen molar-refractivity contribution in [2.75, 3.05) is 31.1 Å². The van der Waals surface area contributed by atoms with Gasteiger partial charge in [-0.3, -0.25) is 4.79 Å². The molecule has 5 rings (SSSR count). The lowest BCUT2D eigenvalue weighted by molar-refractivity contribution is -0.145. The lowest BCUT2D eigenvalue weighted by Gasteiger charge is -2.38. The van der Waals surface area contributed by atoms with Gasteiger partial charge in [0.15, 0.2) is 22.6 Å². The Labute approximate surface area is 206 Å². The van der Waals surface area contributed by atoms with Gasteiger partial charge >= 0.3 is 0 Å². The average Bonchev–Trinajstić information content (AvgIpc) is 3.29. The van der Waals surface area contributed by atoms with Crippen molar-refractivity contribution < 1.29 is 13.9 Å². The Morgan fingerprint density at radius 2 is 1.80 bits per heavy atom. The maximum atomic E-state index is 13.7. The van der Waals surface area contributed by atoms with Gasteiger partial charge in [-0.1, -0.05) is 22.9 Å². The third-order valence-electron chi connectivity index (χ3n) is 5.84. The summed E-state index contributed by atoms with van der Waals surface area (Å²) in [7, 11) is 0. The Morgan fingerprint density at radius 1 is 1.06 bits per heavy atom. The predicted molar refractivity (Wildman–Crippen MR) is 129 cm³/mol. The molecule has 0 saturated carbocycles. The molecule has 0 unspecified atom stereocenters. The fourth-order valence-corrected chi connectivity index (χ4v) is 4.22. The molecule has 3 heterocycles. The SMILES string of the molecule is CC(C)(Oc1ccc(Cl)cc1)C(=O)N1CCN(c2ncnc3c2nnn3-c2cccc(F)c2)CC1. The van der Waals surface area contributed by atoms with E-state index in [9.17, 15) is 9.18 Å². The van der Waals surface area contributed by atoms with Crippen LogP contribution in [0.4, 0.5) is 10.2 Å². The average molecular weight is 496 g/mol. The molecule has 4 aromatic rings. The molecule has 1 aliphatic heterocycles. The number of halogens is 2. The molecular formula is C24H23ClFN7O2. The first-order valence-corrected chi connectivity index (χ1v) is 11.5. The van der Waals surface area contributed by atoms with Gasteiger partial charge < -0.3 is 14.5 Å². The summed E-state index contributed by atoms with van der Waals surface area (Å²) in [5, 5.41) is 9.03. The van der Waals surface area contributed by atoms with Crippen LogP contribution in [0.15, 0.2) is 54.9 Å². The van der Waals surface area contributed by atoms with Crippen molar-refractivity contribution in [1.82, 2.24) is 29.9 Å². The van der Waals surface area contributed by atoms with Crippen LogP contribution in [0.1, 0.15) is 13.8 Å². The van der Waals surface area contributed by atoms with Crippen LogP contribution in [0.25, 0.3) is 16.9 Å². The largest absolute Gasteiger partial charge is 0.478 e. The van der Waals surface area contributed by atoms with Gasteiger partial charge in [-0.2, -0.15) is 4.68 Å². The molecule has 1 fully saturated rings. The van der Waals surface area contributed by atoms with Crippen molar-refractivity contribution in [1.29, 1.82) is 0 Å². The summed E-state index contributed by atoms with van der Waals surface area (Å²) < 4.78 is 21.2. The van der Waals surface area contributed by atoms with Gasteiger partial charge in [0.2, 0.25) is 0 Å². The zero-order valence-corrected chi connectivity index (χ0v) is 20.0. The van der Waals surface area contributed by atoms with Gasteiger partial charge in [0.25, 0.3) is 5.91 Å². The van der Waals surface area contributed by atoms with Gasteiger partial charge in [0, 0.05) is 31.2 Å². The number of carbonyl (C=O) groups excluding carboxylic acids is 1. The van der Waals surface area contributed by atoms with E-state index in [-0.39, 0.29) is 11.7 Å². The minimum atomic E-state index is -1.04. The number of carbonyl (C=O) groups is 1. The van der Waals surface area contributed by atoms with Crippen molar-refractivity contribution >= 4 is 34.5 Å². The van der Waals surface area contributed by atoms with E-state index in [4.69, 9.17) is 16.3 Å². The fourth-order valence-electron chi connectivity index (χ4n) is 4.09. The van der Waals surface area contributed by atoms with Gasteiger partial charge in [0.05, 0.1) is 5.69 Å². The van der Waals surface area contributed by atoms with Crippen LogP contribution in [0, 0.1) is 5.82 Å². The second kappa shape index (κ2) is 9.10. The normalized spacial score (nSPS) is 14.4. The molecule has 1 aliphatic rings. The number of rotatable bonds is 5. The zero-order valence-electron chi connectivity index (χ0n) is 19.2. The molecule has 0 spiro atoms. The number of hydrogen-bond acceptors (Lipinski definition) is 7. The minimum Gasteiger partial charge on any atom is -0.478 e. The Balaban J connectivity index is 1.30. The first-order valence-electron chi connectivity index (χ1n) is 11.1. The summed E-state index contributed by atoms with van der Waals surface area (Å²) in [4.78, 5) is 25.8. The fraction of sp³-hybridized carbons (Fsp3) is 0.292. The van der Waals surface area contributed by atoms with E-state index in [2.05, 4.69) is 20.3 Å². The summed E-state index contributed by atoms with van der Waals surface area (Å²) in [5.74, 6) is 0.735. The zero-order chi connectivity index (χ0) is 24.6. The van der Waals surface area contributed by atoms with Crippen LogP contribution in [0.5, 0.6) is 5.75 Å². The molecular weight excluding hydrogens is 473 g/mol. The Bertz CT molecular complexity index is 1370. The lowest BCUT2D eigenvalue weighted by Crippen LogP contribution is -2.56. The summed E-state index contributed by atoms with van der Waals surface area (Å²) in [6, 6.07) is 13.0. The van der Waals surface area contributed by atoms with E-state index < -0.39 is 5.60 Å². The molecule has 180 valence electrons. The van der Waals surface area contributed by atoms with E-state index in [1.54, 1.807) is 55.1 Å². The van der Waals surface area contributed by atoms with Gasteiger partial charge in [-0.05, 0) is 56.3 Å². The van der Waals surface area contributed by atoms with Crippen LogP contribution in [-0.4, -0.2) is 67.5 Å². The molecule has 2 aromatic carbocycles. The van der Waals surface area contributed by atoms with E-state index in [1.807, 2.05) is 4.90 Å². The van der Waals surface area contributed by atoms with Crippen LogP contribution in [-0.2, 0) is 4.79 Å². The third-order valence-corrected chi connectivity index (χ3v) is 6.09. The Kier molecular flexibility index (Phi) is 5.98. The van der Waals surface area contributed by atoms with Gasteiger partial charge in [0.1, 0.15) is 17.9 Å². The van der Waals surface area contributed by atoms with Crippen molar-refractivity contribution in [2.45, 2.75) is 19.4 Å². The molecule has 0 radical (unpaired) electrons. The number of fused-ring (bicyclic) bond motifs is 1. The quantitative estimate of drug-likeness (QED) is 0.418. The highest BCUT2D eigenvalue weighted by atomic mass is 35.5. The summed E-state index contributed by atoms with van der Waals surface area (Å²) in [5.41, 5.74) is 0.487. The number of amides is 1. The molecule has 0 atom stereocenters. The topological polar surface area (TPSA) is 89.3 Å². The number of nitrogens with zero attached hydrogens (tertiary/aromatic N) is 7. The minimum absolute atomic E-state index is 0.100. The molecule has 1 amide bonds. The summed E-state index contributed by atoms with van der Waals surface area (Å²) in [6.45, 7) is 5.62. The van der Waals surface area contributed by atoms with Crippen LogP contribution < -0.4 is 9.64 Å². The molecule has 35 heavy (non-hydrogen) atoms. The van der Waals surface area contributed by atoms with Crippen LogP contribution >= 0.6 is 11.6 Å². The van der Waals surface area contributed by atoms with E-state index in [0.29, 0.717) is 59.6 Å². The van der Waals surface area contributed by atoms with Gasteiger partial charge in [-0.15, -0.1) is 5.10 Å². The Hall–Kier alpha value is -3.79. The first-order chi connectivity index (χ1) is 16.8. The molecule has 2 aromatic heterocycles. The van der Waals surface area contributed by atoms with Crippen molar-refractivity contribution in [3.8, 4) is 11.4 Å². The highest BCUT2D eigenvalue weighted by molar-refractivity contribution is 6.30. The molecule has 0 aliphatic carbocycles. The van der Waals surface area contributed by atoms with Gasteiger partial charge in [-0.25, -0.2) is 14.4 Å². The number of anilines is 1. The molecule has 11 heteroatoms. The number of benzene rings is 2. The lowest BCUT2D eigenvalue weighted by atomic mass is 10.1. The maximum Gasteiger partial charge on any atom is 0.266 e. The second-order valence-corrected chi connectivity index (χ2v) is 9.13. The highest BCUT2D eigenvalue weighted by Crippen LogP contribution is 2.26.